The van der Waals surface area contributed by atoms with E-state index in [-0.39, 0.29) is 24.0 Å². The Morgan fingerprint density at radius 2 is 2.00 bits per heavy atom. The summed E-state index contributed by atoms with van der Waals surface area (Å²) >= 11 is 0. The van der Waals surface area contributed by atoms with Crippen molar-refractivity contribution in [1.82, 2.24) is 10.2 Å². The molecule has 0 aromatic carbocycles. The zero-order chi connectivity index (χ0) is 13.0. The van der Waals surface area contributed by atoms with Gasteiger partial charge in [-0.15, -0.1) is 0 Å². The van der Waals surface area contributed by atoms with Crippen LogP contribution in [0.5, 0.6) is 0 Å². The quantitative estimate of drug-likeness (QED) is 0.738. The Bertz CT molecular complexity index is 268. The zero-order valence-corrected chi connectivity index (χ0v) is 11.4. The van der Waals surface area contributed by atoms with E-state index in [0.29, 0.717) is 13.1 Å². The smallest absolute Gasteiger partial charge is 0.239 e. The van der Waals surface area contributed by atoms with Crippen LogP contribution in [0, 0.1) is 5.92 Å². The molecular formula is C14H26N2O2. The van der Waals surface area contributed by atoms with Crippen molar-refractivity contribution in [2.24, 2.45) is 5.92 Å². The molecule has 0 radical (unpaired) electrons. The largest absolute Gasteiger partial charge is 0.393 e. The third-order valence-corrected chi connectivity index (χ3v) is 4.28. The summed E-state index contributed by atoms with van der Waals surface area (Å²) in [5.74, 6) is 0.451. The van der Waals surface area contributed by atoms with Crippen LogP contribution in [-0.2, 0) is 4.79 Å². The number of nitrogens with one attached hydrogen (secondary N) is 1. The number of nitrogens with zero attached hydrogens (tertiary/aromatic N) is 1. The first-order chi connectivity index (χ1) is 8.68. The number of amides is 1. The summed E-state index contributed by atoms with van der Waals surface area (Å²) in [6, 6.07) is 0.00717. The van der Waals surface area contributed by atoms with Crippen molar-refractivity contribution >= 4 is 5.91 Å². The van der Waals surface area contributed by atoms with Crippen LogP contribution >= 0.6 is 0 Å². The minimum Gasteiger partial charge on any atom is -0.393 e. The van der Waals surface area contributed by atoms with E-state index in [9.17, 15) is 9.90 Å². The lowest BCUT2D eigenvalue weighted by Gasteiger charge is -2.36. The molecule has 2 N–H and O–H groups in total. The second-order valence-corrected chi connectivity index (χ2v) is 5.83. The monoisotopic (exact) mass is 254 g/mol. The number of aliphatic hydroxyl groups is 1. The Kier molecular flexibility index (Phi) is 5.01. The molecule has 4 heteroatoms. The van der Waals surface area contributed by atoms with Crippen molar-refractivity contribution in [1.29, 1.82) is 0 Å². The van der Waals surface area contributed by atoms with Gasteiger partial charge in [-0.1, -0.05) is 26.2 Å². The Balaban J connectivity index is 1.88. The van der Waals surface area contributed by atoms with Crippen LogP contribution in [0.15, 0.2) is 0 Å². The number of aliphatic hydroxyl groups excluding tert-OH is 1. The number of hydrogen-bond donors (Lipinski definition) is 2. The van der Waals surface area contributed by atoms with Crippen LogP contribution in [0.25, 0.3) is 0 Å². The number of carbonyl (C=O) groups excluding carboxylic acids is 1. The highest BCUT2D eigenvalue weighted by Gasteiger charge is 2.30. The van der Waals surface area contributed by atoms with Gasteiger partial charge in [-0.2, -0.15) is 0 Å². The predicted octanol–water partition coefficient (Wildman–Crippen LogP) is 1.14. The SMILES string of the molecule is CC1CN(C(=O)C2CCCCCCN2)CCC1O. The molecule has 0 saturated carbocycles. The molecule has 0 aromatic rings. The first kappa shape index (κ1) is 13.8. The van der Waals surface area contributed by atoms with Crippen LogP contribution in [0.4, 0.5) is 0 Å². The molecule has 4 nitrogen and oxygen atoms in total. The summed E-state index contributed by atoms with van der Waals surface area (Å²) in [6.07, 6.45) is 6.31. The molecule has 3 unspecified atom stereocenters. The van der Waals surface area contributed by atoms with Gasteiger partial charge in [-0.05, 0) is 31.7 Å². The maximum atomic E-state index is 12.5. The van der Waals surface area contributed by atoms with Crippen LogP contribution in [0.1, 0.15) is 45.4 Å². The van der Waals surface area contributed by atoms with E-state index >= 15 is 0 Å². The lowest BCUT2D eigenvalue weighted by molar-refractivity contribution is -0.137. The molecule has 0 aliphatic carbocycles. The van der Waals surface area contributed by atoms with E-state index in [2.05, 4.69) is 5.32 Å². The molecule has 18 heavy (non-hydrogen) atoms. The first-order valence-electron chi connectivity index (χ1n) is 7.38. The first-order valence-corrected chi connectivity index (χ1v) is 7.38. The van der Waals surface area contributed by atoms with E-state index in [4.69, 9.17) is 0 Å². The van der Waals surface area contributed by atoms with E-state index in [1.54, 1.807) is 0 Å². The van der Waals surface area contributed by atoms with Gasteiger partial charge >= 0.3 is 0 Å². The van der Waals surface area contributed by atoms with Crippen LogP contribution < -0.4 is 5.32 Å². The minimum absolute atomic E-state index is 0.00717. The van der Waals surface area contributed by atoms with E-state index < -0.39 is 0 Å². The summed E-state index contributed by atoms with van der Waals surface area (Å²) in [5.41, 5.74) is 0. The lowest BCUT2D eigenvalue weighted by atomic mass is 9.95. The van der Waals surface area contributed by atoms with Crippen LogP contribution in [0.3, 0.4) is 0 Å². The van der Waals surface area contributed by atoms with Crippen molar-refractivity contribution in [2.45, 2.75) is 57.6 Å². The zero-order valence-electron chi connectivity index (χ0n) is 11.4. The molecule has 2 rings (SSSR count). The molecule has 2 saturated heterocycles. The fraction of sp³-hybridized carbons (Fsp3) is 0.929. The Morgan fingerprint density at radius 1 is 1.22 bits per heavy atom. The third-order valence-electron chi connectivity index (χ3n) is 4.28. The minimum atomic E-state index is -0.237. The topological polar surface area (TPSA) is 52.6 Å². The number of carbonyl (C=O) groups is 1. The van der Waals surface area contributed by atoms with Crippen molar-refractivity contribution in [2.75, 3.05) is 19.6 Å². The molecule has 1 amide bonds. The van der Waals surface area contributed by atoms with Gasteiger partial charge < -0.3 is 15.3 Å². The standard InChI is InChI=1S/C14H26N2O2/c1-11-10-16(9-7-13(11)17)14(18)12-6-4-2-3-5-8-15-12/h11-13,15,17H,2-10H2,1H3. The highest BCUT2D eigenvalue weighted by atomic mass is 16.3. The molecular weight excluding hydrogens is 228 g/mol. The normalized spacial score (nSPS) is 34.8. The second kappa shape index (κ2) is 6.53. The summed E-state index contributed by atoms with van der Waals surface area (Å²) in [6.45, 7) is 4.40. The second-order valence-electron chi connectivity index (χ2n) is 5.83. The van der Waals surface area contributed by atoms with Gasteiger partial charge in [0, 0.05) is 13.1 Å². The third kappa shape index (κ3) is 3.45. The van der Waals surface area contributed by atoms with Crippen molar-refractivity contribution < 1.29 is 9.90 Å². The summed E-state index contributed by atoms with van der Waals surface area (Å²) in [7, 11) is 0. The summed E-state index contributed by atoms with van der Waals surface area (Å²) in [4.78, 5) is 14.4. The van der Waals surface area contributed by atoms with Gasteiger partial charge in [0.15, 0.2) is 0 Å². The average molecular weight is 254 g/mol. The number of hydrogen-bond acceptors (Lipinski definition) is 3. The number of rotatable bonds is 1. The summed E-state index contributed by atoms with van der Waals surface area (Å²) in [5, 5.41) is 13.1. The average Bonchev–Trinajstić information content (AvgIpc) is 2.31. The van der Waals surface area contributed by atoms with Crippen molar-refractivity contribution in [3.05, 3.63) is 0 Å². The maximum Gasteiger partial charge on any atom is 0.239 e. The van der Waals surface area contributed by atoms with Gasteiger partial charge in [0.05, 0.1) is 12.1 Å². The van der Waals surface area contributed by atoms with Crippen LogP contribution in [-0.4, -0.2) is 47.7 Å². The predicted molar refractivity (Wildman–Crippen MR) is 71.2 cm³/mol. The molecule has 0 spiro atoms. The van der Waals surface area contributed by atoms with Gasteiger partial charge in [0.25, 0.3) is 0 Å². The van der Waals surface area contributed by atoms with Crippen molar-refractivity contribution in [3.8, 4) is 0 Å². The number of piperidine rings is 1. The Labute approximate surface area is 110 Å². The van der Waals surface area contributed by atoms with E-state index in [0.717, 1.165) is 25.8 Å². The molecule has 104 valence electrons. The lowest BCUT2D eigenvalue weighted by Crippen LogP contribution is -2.52. The highest BCUT2D eigenvalue weighted by Crippen LogP contribution is 2.19. The van der Waals surface area contributed by atoms with Gasteiger partial charge in [-0.25, -0.2) is 0 Å². The maximum absolute atomic E-state index is 12.5. The van der Waals surface area contributed by atoms with Crippen LogP contribution in [0.2, 0.25) is 0 Å². The highest BCUT2D eigenvalue weighted by molar-refractivity contribution is 5.82. The molecule has 0 aromatic heterocycles. The Hall–Kier alpha value is -0.610. The molecule has 3 atom stereocenters. The molecule has 0 bridgehead atoms. The summed E-state index contributed by atoms with van der Waals surface area (Å²) < 4.78 is 0. The van der Waals surface area contributed by atoms with Gasteiger partial charge in [0.1, 0.15) is 0 Å². The van der Waals surface area contributed by atoms with E-state index in [1.165, 1.54) is 19.3 Å². The molecule has 2 fully saturated rings. The molecule has 2 aliphatic rings. The van der Waals surface area contributed by atoms with Gasteiger partial charge in [0.2, 0.25) is 5.91 Å². The number of likely N-dealkylation sites (tertiary alicyclic amines) is 1. The fourth-order valence-electron chi connectivity index (χ4n) is 2.97. The Morgan fingerprint density at radius 3 is 2.78 bits per heavy atom. The fourth-order valence-corrected chi connectivity index (χ4v) is 2.97. The molecule has 2 heterocycles. The van der Waals surface area contributed by atoms with Gasteiger partial charge in [-0.3, -0.25) is 4.79 Å². The van der Waals surface area contributed by atoms with E-state index in [1.807, 2.05) is 11.8 Å². The van der Waals surface area contributed by atoms with Crippen molar-refractivity contribution in [3.63, 3.8) is 0 Å². The molecule has 2 aliphatic heterocycles.